The van der Waals surface area contributed by atoms with Crippen molar-refractivity contribution in [3.8, 4) is 5.75 Å². The molecule has 0 bridgehead atoms. The molecule has 0 atom stereocenters. The zero-order valence-electron chi connectivity index (χ0n) is 16.8. The molecule has 2 amide bonds. The summed E-state index contributed by atoms with van der Waals surface area (Å²) in [7, 11) is 0. The Labute approximate surface area is 177 Å². The fraction of sp³-hybridized carbons (Fsp3) is 0.273. The molecule has 4 rings (SSSR count). The molecule has 0 N–H and O–H groups in total. The van der Waals surface area contributed by atoms with Crippen molar-refractivity contribution in [1.82, 2.24) is 9.88 Å². The third-order valence-electron chi connectivity index (χ3n) is 5.01. The molecule has 2 aliphatic heterocycles. The van der Waals surface area contributed by atoms with E-state index in [1.807, 2.05) is 0 Å². The predicted molar refractivity (Wildman–Crippen MR) is 109 cm³/mol. The number of hydrogen-bond acceptors (Lipinski definition) is 6. The molecule has 9 heteroatoms. The number of fused-ring (bicyclic) bond motifs is 1. The van der Waals surface area contributed by atoms with Crippen LogP contribution < -0.4 is 9.64 Å². The van der Waals surface area contributed by atoms with Gasteiger partial charge in [-0.2, -0.15) is 4.39 Å². The lowest BCUT2D eigenvalue weighted by atomic mass is 10.1. The maximum Gasteiger partial charge on any atom is 0.260 e. The minimum Gasteiger partial charge on any atom is -0.479 e. The molecule has 1 fully saturated rings. The van der Waals surface area contributed by atoms with E-state index in [0.717, 1.165) is 0 Å². The summed E-state index contributed by atoms with van der Waals surface area (Å²) < 4.78 is 24.9. The molecule has 1 aromatic heterocycles. The van der Waals surface area contributed by atoms with Crippen molar-refractivity contribution in [1.29, 1.82) is 0 Å². The maximum absolute atomic E-state index is 14.5. The Bertz CT molecular complexity index is 1080. The van der Waals surface area contributed by atoms with Crippen molar-refractivity contribution in [2.24, 2.45) is 0 Å². The zero-order chi connectivity index (χ0) is 22.0. The van der Waals surface area contributed by atoms with Crippen LogP contribution in [0.15, 0.2) is 42.1 Å². The number of aromatic nitrogens is 1. The monoisotopic (exact) mass is 425 g/mol. The number of carbonyl (C=O) groups excluding carboxylic acids is 3. The van der Waals surface area contributed by atoms with Gasteiger partial charge in [-0.3, -0.25) is 19.3 Å². The fourth-order valence-electron chi connectivity index (χ4n) is 3.51. The lowest BCUT2D eigenvalue weighted by Gasteiger charge is -2.26. The molecule has 0 saturated carbocycles. The van der Waals surface area contributed by atoms with Crippen molar-refractivity contribution in [2.45, 2.75) is 6.92 Å². The number of ether oxygens (including phenoxy) is 2. The Hall–Kier alpha value is -3.59. The first-order valence-corrected chi connectivity index (χ1v) is 9.76. The number of morpholine rings is 1. The largest absolute Gasteiger partial charge is 0.479 e. The Morgan fingerprint density at radius 2 is 1.94 bits per heavy atom. The van der Waals surface area contributed by atoms with Crippen molar-refractivity contribution >= 4 is 29.4 Å². The van der Waals surface area contributed by atoms with E-state index in [1.54, 1.807) is 29.2 Å². The average Bonchev–Trinajstić information content (AvgIpc) is 3.05. The summed E-state index contributed by atoms with van der Waals surface area (Å²) >= 11 is 0. The average molecular weight is 425 g/mol. The van der Waals surface area contributed by atoms with Crippen LogP contribution in [-0.2, 0) is 14.3 Å². The van der Waals surface area contributed by atoms with Gasteiger partial charge in [0, 0.05) is 25.6 Å². The summed E-state index contributed by atoms with van der Waals surface area (Å²) in [5.74, 6) is -2.04. The van der Waals surface area contributed by atoms with Crippen LogP contribution in [0.5, 0.6) is 5.75 Å². The third-order valence-corrected chi connectivity index (χ3v) is 5.01. The number of allylic oxidation sites excluding steroid dienone is 1. The van der Waals surface area contributed by atoms with E-state index in [0.29, 0.717) is 37.6 Å². The Balaban J connectivity index is 1.51. The summed E-state index contributed by atoms with van der Waals surface area (Å²) in [5, 5.41) is 0. The molecule has 2 aromatic rings. The number of ketones is 1. The van der Waals surface area contributed by atoms with Crippen LogP contribution >= 0.6 is 0 Å². The van der Waals surface area contributed by atoms with E-state index in [1.165, 1.54) is 30.0 Å². The standard InChI is InChI=1S/C22H20FN3O5/c1-14(27)26-17-5-3-2-4-16(17)21(29)18(26)12-15-6-7-19(22(23)24-15)31-13-20(28)25-8-10-30-11-9-25/h2-7,12H,8-11,13H2,1H3/b18-12+. The van der Waals surface area contributed by atoms with Crippen molar-refractivity contribution in [2.75, 3.05) is 37.8 Å². The van der Waals surface area contributed by atoms with Gasteiger partial charge in [-0.15, -0.1) is 0 Å². The summed E-state index contributed by atoms with van der Waals surface area (Å²) in [6.07, 6.45) is 1.36. The van der Waals surface area contributed by atoms with Crippen LogP contribution in [0.25, 0.3) is 6.08 Å². The minimum atomic E-state index is -0.915. The highest BCUT2D eigenvalue weighted by Crippen LogP contribution is 2.35. The first-order valence-electron chi connectivity index (χ1n) is 9.76. The maximum atomic E-state index is 14.5. The zero-order valence-corrected chi connectivity index (χ0v) is 16.8. The molecule has 2 aliphatic rings. The van der Waals surface area contributed by atoms with E-state index in [4.69, 9.17) is 9.47 Å². The van der Waals surface area contributed by atoms with Gasteiger partial charge >= 0.3 is 0 Å². The van der Waals surface area contributed by atoms with Crippen molar-refractivity contribution in [3.63, 3.8) is 0 Å². The van der Waals surface area contributed by atoms with E-state index in [-0.39, 0.29) is 41.3 Å². The van der Waals surface area contributed by atoms with Crippen molar-refractivity contribution < 1.29 is 28.2 Å². The molecule has 8 nitrogen and oxygen atoms in total. The third kappa shape index (κ3) is 4.17. The van der Waals surface area contributed by atoms with Crippen LogP contribution in [-0.4, -0.2) is 60.4 Å². The first kappa shape index (κ1) is 20.7. The normalized spacial score (nSPS) is 17.1. The van der Waals surface area contributed by atoms with E-state index in [2.05, 4.69) is 4.98 Å². The molecular weight excluding hydrogens is 405 g/mol. The Morgan fingerprint density at radius 3 is 2.65 bits per heavy atom. The summed E-state index contributed by atoms with van der Waals surface area (Å²) in [6, 6.07) is 9.54. The van der Waals surface area contributed by atoms with Gasteiger partial charge in [0.1, 0.15) is 0 Å². The van der Waals surface area contributed by atoms with E-state index >= 15 is 0 Å². The number of hydrogen-bond donors (Lipinski definition) is 0. The van der Waals surface area contributed by atoms with Gasteiger partial charge in [0.25, 0.3) is 11.9 Å². The second-order valence-corrected chi connectivity index (χ2v) is 7.04. The number of halogens is 1. The quantitative estimate of drug-likeness (QED) is 0.550. The van der Waals surface area contributed by atoms with Gasteiger partial charge in [0.05, 0.1) is 30.3 Å². The minimum absolute atomic E-state index is 0.0942. The van der Waals surface area contributed by atoms with Gasteiger partial charge < -0.3 is 14.4 Å². The molecule has 0 aliphatic carbocycles. The number of benzene rings is 1. The number of amides is 2. The molecule has 0 unspecified atom stereocenters. The number of para-hydroxylation sites is 1. The van der Waals surface area contributed by atoms with Gasteiger partial charge in [-0.05, 0) is 30.3 Å². The van der Waals surface area contributed by atoms with Crippen molar-refractivity contribution in [3.05, 3.63) is 59.3 Å². The number of anilines is 1. The van der Waals surface area contributed by atoms with Gasteiger partial charge in [-0.25, -0.2) is 4.98 Å². The predicted octanol–water partition coefficient (Wildman–Crippen LogP) is 2.05. The number of carbonyl (C=O) groups is 3. The second-order valence-electron chi connectivity index (χ2n) is 7.04. The van der Waals surface area contributed by atoms with Crippen LogP contribution in [0.1, 0.15) is 23.0 Å². The van der Waals surface area contributed by atoms with Crippen LogP contribution in [0.2, 0.25) is 0 Å². The molecular formula is C22H20FN3O5. The van der Waals surface area contributed by atoms with E-state index < -0.39 is 5.95 Å². The lowest BCUT2D eigenvalue weighted by Crippen LogP contribution is -2.43. The summed E-state index contributed by atoms with van der Waals surface area (Å²) in [5.41, 5.74) is 1.11. The Kier molecular flexibility index (Phi) is 5.77. The molecule has 0 radical (unpaired) electrons. The second kappa shape index (κ2) is 8.65. The highest BCUT2D eigenvalue weighted by molar-refractivity contribution is 6.26. The molecule has 0 spiro atoms. The number of rotatable bonds is 4. The smallest absolute Gasteiger partial charge is 0.260 e. The van der Waals surface area contributed by atoms with Crippen LogP contribution in [0.4, 0.5) is 10.1 Å². The highest BCUT2D eigenvalue weighted by atomic mass is 19.1. The lowest BCUT2D eigenvalue weighted by molar-refractivity contribution is -0.137. The molecule has 3 heterocycles. The molecule has 31 heavy (non-hydrogen) atoms. The molecule has 1 aromatic carbocycles. The summed E-state index contributed by atoms with van der Waals surface area (Å²) in [6.45, 7) is 2.90. The number of nitrogens with zero attached hydrogens (tertiary/aromatic N) is 3. The number of pyridine rings is 1. The van der Waals surface area contributed by atoms with Crippen LogP contribution in [0.3, 0.4) is 0 Å². The van der Waals surface area contributed by atoms with Gasteiger partial charge in [0.2, 0.25) is 11.7 Å². The first-order chi connectivity index (χ1) is 15.0. The fourth-order valence-corrected chi connectivity index (χ4v) is 3.51. The SMILES string of the molecule is CC(=O)N1/C(=C/c2ccc(OCC(=O)N3CCOCC3)c(F)n2)C(=O)c2ccccc21. The molecule has 160 valence electrons. The van der Waals surface area contributed by atoms with Gasteiger partial charge in [-0.1, -0.05) is 12.1 Å². The molecule has 1 saturated heterocycles. The van der Waals surface area contributed by atoms with Crippen LogP contribution in [0, 0.1) is 5.95 Å². The van der Waals surface area contributed by atoms with E-state index in [9.17, 15) is 18.8 Å². The Morgan fingerprint density at radius 1 is 1.19 bits per heavy atom. The van der Waals surface area contributed by atoms with Gasteiger partial charge in [0.15, 0.2) is 12.4 Å². The topological polar surface area (TPSA) is 89.0 Å². The highest BCUT2D eigenvalue weighted by Gasteiger charge is 2.34. The summed E-state index contributed by atoms with van der Waals surface area (Å²) in [4.78, 5) is 43.7. The number of Topliss-reactive ketones (excluding diaryl/α,β-unsaturated/α-hetero) is 1.